The van der Waals surface area contributed by atoms with Crippen molar-refractivity contribution in [2.75, 3.05) is 6.54 Å². The number of hydrogen-bond acceptors (Lipinski definition) is 2. The summed E-state index contributed by atoms with van der Waals surface area (Å²) in [4.78, 5) is 14.7. The molecule has 0 aliphatic carbocycles. The van der Waals surface area contributed by atoms with Gasteiger partial charge in [0.15, 0.2) is 0 Å². The van der Waals surface area contributed by atoms with E-state index in [4.69, 9.17) is 0 Å². The van der Waals surface area contributed by atoms with Crippen LogP contribution in [0.4, 0.5) is 0 Å². The number of aromatic amines is 1. The zero-order valence-corrected chi connectivity index (χ0v) is 14.4. The van der Waals surface area contributed by atoms with Gasteiger partial charge < -0.3 is 4.90 Å². The number of benzene rings is 1. The molecule has 122 valence electrons. The van der Waals surface area contributed by atoms with E-state index < -0.39 is 0 Å². The van der Waals surface area contributed by atoms with Crippen molar-refractivity contribution in [2.45, 2.75) is 52.5 Å². The Hall–Kier alpha value is -2.10. The Morgan fingerprint density at radius 3 is 2.74 bits per heavy atom. The quantitative estimate of drug-likeness (QED) is 0.945. The molecule has 1 amide bonds. The van der Waals surface area contributed by atoms with Gasteiger partial charge in [-0.05, 0) is 37.0 Å². The summed E-state index contributed by atoms with van der Waals surface area (Å²) in [5.74, 6) is 0.229. The maximum atomic E-state index is 12.7. The Bertz CT molecular complexity index is 710. The monoisotopic (exact) mass is 311 g/mol. The van der Waals surface area contributed by atoms with Crippen LogP contribution in [0.2, 0.25) is 0 Å². The Labute approximate surface area is 137 Å². The first-order valence-electron chi connectivity index (χ1n) is 8.25. The highest BCUT2D eigenvalue weighted by Gasteiger charge is 2.33. The van der Waals surface area contributed by atoms with Gasteiger partial charge in [-0.3, -0.25) is 9.89 Å². The highest BCUT2D eigenvalue weighted by atomic mass is 16.2. The number of nitrogens with zero attached hydrogens (tertiary/aromatic N) is 2. The molecule has 0 unspecified atom stereocenters. The fourth-order valence-electron chi connectivity index (χ4n) is 3.65. The first-order valence-corrected chi connectivity index (χ1v) is 8.25. The van der Waals surface area contributed by atoms with Crippen LogP contribution in [0.1, 0.15) is 48.3 Å². The van der Waals surface area contributed by atoms with Gasteiger partial charge in [-0.25, -0.2) is 0 Å². The van der Waals surface area contributed by atoms with Gasteiger partial charge in [0.05, 0.1) is 5.69 Å². The molecule has 23 heavy (non-hydrogen) atoms. The predicted molar refractivity (Wildman–Crippen MR) is 91.3 cm³/mol. The van der Waals surface area contributed by atoms with Gasteiger partial charge in [-0.15, -0.1) is 0 Å². The minimum Gasteiger partial charge on any atom is -0.337 e. The fourth-order valence-corrected chi connectivity index (χ4v) is 3.65. The second-order valence-corrected chi connectivity index (χ2v) is 7.20. The molecule has 0 saturated heterocycles. The first-order chi connectivity index (χ1) is 10.9. The highest BCUT2D eigenvalue weighted by molar-refractivity contribution is 5.77. The Morgan fingerprint density at radius 1 is 1.30 bits per heavy atom. The summed E-state index contributed by atoms with van der Waals surface area (Å²) in [6, 6.07) is 8.47. The van der Waals surface area contributed by atoms with Crippen molar-refractivity contribution in [1.29, 1.82) is 0 Å². The number of nitrogens with one attached hydrogen (secondary N) is 1. The van der Waals surface area contributed by atoms with E-state index >= 15 is 0 Å². The topological polar surface area (TPSA) is 49.0 Å². The Kier molecular flexibility index (Phi) is 4.00. The standard InChI is InChI=1S/C19H25N3O/c1-13-16(14(2)21-20-13)9-10-18(23)22-11-15-7-5-6-8-17(15)19(3,4)12-22/h5-8H,9-12H2,1-4H3,(H,20,21). The first kappa shape index (κ1) is 15.8. The maximum absolute atomic E-state index is 12.7. The van der Waals surface area contributed by atoms with Crippen LogP contribution in [0.3, 0.4) is 0 Å². The average Bonchev–Trinajstić information content (AvgIpc) is 2.83. The number of hydrogen-bond donors (Lipinski definition) is 1. The van der Waals surface area contributed by atoms with Crippen LogP contribution in [0.25, 0.3) is 0 Å². The SMILES string of the molecule is Cc1n[nH]c(C)c1CCC(=O)N1Cc2ccccc2C(C)(C)C1. The number of amides is 1. The minimum absolute atomic E-state index is 0.00593. The molecular formula is C19H25N3O. The van der Waals surface area contributed by atoms with Crippen LogP contribution in [-0.2, 0) is 23.2 Å². The molecular weight excluding hydrogens is 286 g/mol. The fraction of sp³-hybridized carbons (Fsp3) is 0.474. The van der Waals surface area contributed by atoms with Gasteiger partial charge in [0, 0.05) is 30.6 Å². The zero-order chi connectivity index (χ0) is 16.6. The van der Waals surface area contributed by atoms with Crippen LogP contribution in [0.15, 0.2) is 24.3 Å². The van der Waals surface area contributed by atoms with Crippen LogP contribution in [-0.4, -0.2) is 27.5 Å². The summed E-state index contributed by atoms with van der Waals surface area (Å²) in [5, 5.41) is 7.20. The number of rotatable bonds is 3. The van der Waals surface area contributed by atoms with Crippen molar-refractivity contribution < 1.29 is 4.79 Å². The van der Waals surface area contributed by atoms with Crippen molar-refractivity contribution in [2.24, 2.45) is 0 Å². The molecule has 0 bridgehead atoms. The third-order valence-electron chi connectivity index (χ3n) is 4.92. The van der Waals surface area contributed by atoms with E-state index in [1.165, 1.54) is 16.7 Å². The van der Waals surface area contributed by atoms with Gasteiger partial charge >= 0.3 is 0 Å². The van der Waals surface area contributed by atoms with Crippen molar-refractivity contribution in [3.8, 4) is 0 Å². The lowest BCUT2D eigenvalue weighted by Crippen LogP contribution is -2.45. The number of H-pyrrole nitrogens is 1. The molecule has 1 aromatic carbocycles. The van der Waals surface area contributed by atoms with Crippen LogP contribution in [0, 0.1) is 13.8 Å². The van der Waals surface area contributed by atoms with Crippen LogP contribution in [0.5, 0.6) is 0 Å². The Morgan fingerprint density at radius 2 is 2.04 bits per heavy atom. The molecule has 0 saturated carbocycles. The second-order valence-electron chi connectivity index (χ2n) is 7.20. The van der Waals surface area contributed by atoms with E-state index in [0.717, 1.165) is 30.9 Å². The lowest BCUT2D eigenvalue weighted by molar-refractivity contribution is -0.133. The molecule has 3 rings (SSSR count). The maximum Gasteiger partial charge on any atom is 0.223 e. The molecule has 0 radical (unpaired) electrons. The van der Waals surface area contributed by atoms with Crippen molar-refractivity contribution >= 4 is 5.91 Å². The van der Waals surface area contributed by atoms with Gasteiger partial charge in [-0.2, -0.15) is 5.10 Å². The van der Waals surface area contributed by atoms with E-state index in [2.05, 4.69) is 48.3 Å². The second kappa shape index (κ2) is 5.84. The van der Waals surface area contributed by atoms with Gasteiger partial charge in [-0.1, -0.05) is 38.1 Å². The van der Waals surface area contributed by atoms with E-state index in [9.17, 15) is 4.79 Å². The summed E-state index contributed by atoms with van der Waals surface area (Å²) >= 11 is 0. The number of fused-ring (bicyclic) bond motifs is 1. The molecule has 1 N–H and O–H groups in total. The molecule has 1 aliphatic rings. The largest absolute Gasteiger partial charge is 0.337 e. The summed E-state index contributed by atoms with van der Waals surface area (Å²) in [6.07, 6.45) is 1.30. The number of aromatic nitrogens is 2. The Balaban J connectivity index is 1.72. The van der Waals surface area contributed by atoms with E-state index in [0.29, 0.717) is 6.42 Å². The molecule has 0 atom stereocenters. The lowest BCUT2D eigenvalue weighted by Gasteiger charge is -2.40. The molecule has 1 aliphatic heterocycles. The number of carbonyl (C=O) groups excluding carboxylic acids is 1. The van der Waals surface area contributed by atoms with E-state index in [-0.39, 0.29) is 11.3 Å². The molecule has 1 aromatic heterocycles. The minimum atomic E-state index is 0.00593. The van der Waals surface area contributed by atoms with Gasteiger partial charge in [0.2, 0.25) is 5.91 Å². The molecule has 2 heterocycles. The number of carbonyl (C=O) groups is 1. The van der Waals surface area contributed by atoms with Gasteiger partial charge in [0.25, 0.3) is 0 Å². The molecule has 4 heteroatoms. The van der Waals surface area contributed by atoms with Crippen LogP contribution < -0.4 is 0 Å². The average molecular weight is 311 g/mol. The third-order valence-corrected chi connectivity index (χ3v) is 4.92. The molecule has 4 nitrogen and oxygen atoms in total. The molecule has 0 spiro atoms. The highest BCUT2D eigenvalue weighted by Crippen LogP contribution is 2.33. The van der Waals surface area contributed by atoms with E-state index in [1.807, 2.05) is 18.7 Å². The summed E-state index contributed by atoms with van der Waals surface area (Å²) in [5.41, 5.74) is 5.89. The molecule has 0 fully saturated rings. The summed E-state index contributed by atoms with van der Waals surface area (Å²) < 4.78 is 0. The predicted octanol–water partition coefficient (Wildman–Crippen LogP) is 3.28. The summed E-state index contributed by atoms with van der Waals surface area (Å²) in [6.45, 7) is 9.95. The van der Waals surface area contributed by atoms with Crippen molar-refractivity contribution in [3.05, 3.63) is 52.3 Å². The third kappa shape index (κ3) is 3.03. The molecule has 2 aromatic rings. The normalized spacial score (nSPS) is 16.3. The smallest absolute Gasteiger partial charge is 0.223 e. The lowest BCUT2D eigenvalue weighted by atomic mass is 9.78. The van der Waals surface area contributed by atoms with E-state index in [1.54, 1.807) is 0 Å². The zero-order valence-electron chi connectivity index (χ0n) is 14.4. The van der Waals surface area contributed by atoms with Crippen molar-refractivity contribution in [1.82, 2.24) is 15.1 Å². The van der Waals surface area contributed by atoms with Crippen molar-refractivity contribution in [3.63, 3.8) is 0 Å². The number of aryl methyl sites for hydroxylation is 2. The van der Waals surface area contributed by atoms with Crippen LogP contribution >= 0.6 is 0 Å². The van der Waals surface area contributed by atoms with Gasteiger partial charge in [0.1, 0.15) is 0 Å². The summed E-state index contributed by atoms with van der Waals surface area (Å²) in [7, 11) is 0.